The SMILES string of the molecule is CC(C)(C)S/N=C1/CCCOC1. The largest absolute Gasteiger partial charge is 0.375 e. The smallest absolute Gasteiger partial charge is 0.0855 e. The number of rotatable bonds is 1. The van der Waals surface area contributed by atoms with E-state index in [1.807, 2.05) is 0 Å². The summed E-state index contributed by atoms with van der Waals surface area (Å²) in [5.41, 5.74) is 1.21. The summed E-state index contributed by atoms with van der Waals surface area (Å²) in [6, 6.07) is 0. The molecule has 0 aromatic rings. The predicted octanol–water partition coefficient (Wildman–Crippen LogP) is 2.68. The summed E-state index contributed by atoms with van der Waals surface area (Å²) < 4.78 is 9.99. The van der Waals surface area contributed by atoms with Crippen LogP contribution in [0.15, 0.2) is 4.40 Å². The maximum absolute atomic E-state index is 5.30. The fourth-order valence-electron chi connectivity index (χ4n) is 0.914. The Labute approximate surface area is 78.9 Å². The molecular weight excluding hydrogens is 170 g/mol. The lowest BCUT2D eigenvalue weighted by Crippen LogP contribution is -2.17. The molecule has 0 spiro atoms. The van der Waals surface area contributed by atoms with Crippen LogP contribution in [-0.4, -0.2) is 23.7 Å². The van der Waals surface area contributed by atoms with Crippen molar-refractivity contribution in [1.29, 1.82) is 0 Å². The minimum Gasteiger partial charge on any atom is -0.375 e. The minimum absolute atomic E-state index is 0.227. The van der Waals surface area contributed by atoms with Crippen LogP contribution in [0, 0.1) is 0 Å². The van der Waals surface area contributed by atoms with Crippen molar-refractivity contribution >= 4 is 17.7 Å². The van der Waals surface area contributed by atoms with Crippen molar-refractivity contribution in [2.24, 2.45) is 4.40 Å². The van der Waals surface area contributed by atoms with E-state index in [1.165, 1.54) is 5.71 Å². The third kappa shape index (κ3) is 4.12. The normalized spacial score (nSPS) is 23.1. The molecule has 0 aromatic carbocycles. The van der Waals surface area contributed by atoms with Gasteiger partial charge in [0.1, 0.15) is 0 Å². The molecule has 1 aliphatic rings. The molecule has 1 saturated heterocycles. The van der Waals surface area contributed by atoms with Crippen LogP contribution in [0.5, 0.6) is 0 Å². The Morgan fingerprint density at radius 1 is 1.42 bits per heavy atom. The van der Waals surface area contributed by atoms with Gasteiger partial charge in [-0.1, -0.05) is 0 Å². The quantitative estimate of drug-likeness (QED) is 0.589. The Hall–Kier alpha value is -0.0200. The van der Waals surface area contributed by atoms with Gasteiger partial charge in [-0.2, -0.15) is 0 Å². The van der Waals surface area contributed by atoms with E-state index in [2.05, 4.69) is 25.2 Å². The van der Waals surface area contributed by atoms with Crippen molar-refractivity contribution < 1.29 is 4.74 Å². The lowest BCUT2D eigenvalue weighted by molar-refractivity contribution is 0.154. The molecule has 0 atom stereocenters. The van der Waals surface area contributed by atoms with Crippen LogP contribution in [0.1, 0.15) is 33.6 Å². The van der Waals surface area contributed by atoms with Crippen LogP contribution < -0.4 is 0 Å². The first-order valence-corrected chi connectivity index (χ1v) is 5.17. The summed E-state index contributed by atoms with van der Waals surface area (Å²) in [4.78, 5) is 0. The minimum atomic E-state index is 0.227. The highest BCUT2D eigenvalue weighted by atomic mass is 32.2. The zero-order valence-electron chi connectivity index (χ0n) is 8.09. The summed E-state index contributed by atoms with van der Waals surface area (Å²) in [6.07, 6.45) is 2.24. The average Bonchev–Trinajstić information content (AvgIpc) is 2.02. The average molecular weight is 187 g/mol. The lowest BCUT2D eigenvalue weighted by atomic mass is 10.2. The zero-order chi connectivity index (χ0) is 9.03. The molecule has 1 fully saturated rings. The molecule has 0 N–H and O–H groups in total. The molecule has 0 aromatic heterocycles. The van der Waals surface area contributed by atoms with Gasteiger partial charge in [-0.25, -0.2) is 4.40 Å². The molecule has 0 unspecified atom stereocenters. The van der Waals surface area contributed by atoms with E-state index in [-0.39, 0.29) is 4.75 Å². The molecule has 1 aliphatic heterocycles. The molecule has 1 rings (SSSR count). The van der Waals surface area contributed by atoms with Gasteiger partial charge in [-0.05, 0) is 45.6 Å². The maximum atomic E-state index is 5.30. The van der Waals surface area contributed by atoms with Crippen LogP contribution in [0.2, 0.25) is 0 Å². The van der Waals surface area contributed by atoms with Gasteiger partial charge < -0.3 is 4.74 Å². The maximum Gasteiger partial charge on any atom is 0.0855 e. The van der Waals surface area contributed by atoms with E-state index in [9.17, 15) is 0 Å². The highest BCUT2D eigenvalue weighted by Crippen LogP contribution is 2.25. The van der Waals surface area contributed by atoms with Crippen LogP contribution in [0.4, 0.5) is 0 Å². The van der Waals surface area contributed by atoms with Crippen molar-refractivity contribution in [2.45, 2.75) is 38.4 Å². The second kappa shape index (κ2) is 4.28. The van der Waals surface area contributed by atoms with E-state index in [1.54, 1.807) is 11.9 Å². The highest BCUT2D eigenvalue weighted by Gasteiger charge is 2.12. The summed E-state index contributed by atoms with van der Waals surface area (Å²) in [6.45, 7) is 8.16. The fraction of sp³-hybridized carbons (Fsp3) is 0.889. The Morgan fingerprint density at radius 2 is 2.17 bits per heavy atom. The summed E-state index contributed by atoms with van der Waals surface area (Å²) >= 11 is 1.65. The van der Waals surface area contributed by atoms with E-state index in [0.717, 1.165) is 26.1 Å². The Morgan fingerprint density at radius 3 is 2.67 bits per heavy atom. The third-order valence-corrected chi connectivity index (χ3v) is 2.37. The third-order valence-electron chi connectivity index (χ3n) is 1.47. The van der Waals surface area contributed by atoms with Crippen LogP contribution in [0.3, 0.4) is 0 Å². The van der Waals surface area contributed by atoms with E-state index in [0.29, 0.717) is 0 Å². The molecule has 0 bridgehead atoms. The molecule has 1 heterocycles. The summed E-state index contributed by atoms with van der Waals surface area (Å²) in [7, 11) is 0. The molecule has 0 radical (unpaired) electrons. The van der Waals surface area contributed by atoms with Crippen LogP contribution in [-0.2, 0) is 4.74 Å². The Kier molecular flexibility index (Phi) is 3.59. The van der Waals surface area contributed by atoms with Gasteiger partial charge in [0.05, 0.1) is 12.3 Å². The molecule has 0 saturated carbocycles. The standard InChI is InChI=1S/C9H17NOS/c1-9(2,3)12-10-8-5-4-6-11-7-8/h4-7H2,1-3H3/b10-8-. The highest BCUT2D eigenvalue weighted by molar-refractivity contribution is 7.99. The Balaban J connectivity index is 2.35. The van der Waals surface area contributed by atoms with Gasteiger partial charge in [0.2, 0.25) is 0 Å². The number of hydrogen-bond donors (Lipinski definition) is 0. The molecule has 12 heavy (non-hydrogen) atoms. The predicted molar refractivity (Wildman–Crippen MR) is 54.8 cm³/mol. The van der Waals surface area contributed by atoms with E-state index >= 15 is 0 Å². The molecule has 0 aliphatic carbocycles. The topological polar surface area (TPSA) is 21.6 Å². The van der Waals surface area contributed by atoms with Crippen molar-refractivity contribution in [3.05, 3.63) is 0 Å². The van der Waals surface area contributed by atoms with Crippen molar-refractivity contribution in [3.8, 4) is 0 Å². The number of hydrogen-bond acceptors (Lipinski definition) is 3. The van der Waals surface area contributed by atoms with Crippen LogP contribution in [0.25, 0.3) is 0 Å². The second-order valence-corrected chi connectivity index (χ2v) is 5.61. The van der Waals surface area contributed by atoms with Gasteiger partial charge >= 0.3 is 0 Å². The monoisotopic (exact) mass is 187 g/mol. The first-order chi connectivity index (χ1) is 5.58. The van der Waals surface area contributed by atoms with Gasteiger partial charge in [-0.15, -0.1) is 0 Å². The van der Waals surface area contributed by atoms with Gasteiger partial charge in [0.25, 0.3) is 0 Å². The van der Waals surface area contributed by atoms with Crippen LogP contribution >= 0.6 is 11.9 Å². The summed E-state index contributed by atoms with van der Waals surface area (Å²) in [5.74, 6) is 0. The molecule has 0 amide bonds. The summed E-state index contributed by atoms with van der Waals surface area (Å²) in [5, 5.41) is 0. The van der Waals surface area contributed by atoms with Crippen molar-refractivity contribution in [1.82, 2.24) is 0 Å². The van der Waals surface area contributed by atoms with Crippen molar-refractivity contribution in [2.75, 3.05) is 13.2 Å². The second-order valence-electron chi connectivity index (χ2n) is 4.02. The molecule has 70 valence electrons. The van der Waals surface area contributed by atoms with E-state index in [4.69, 9.17) is 4.74 Å². The first kappa shape index (κ1) is 10.1. The van der Waals surface area contributed by atoms with Gasteiger partial charge in [0, 0.05) is 11.4 Å². The number of nitrogens with zero attached hydrogens (tertiary/aromatic N) is 1. The molecular formula is C9H17NOS. The molecule has 3 heteroatoms. The zero-order valence-corrected chi connectivity index (χ0v) is 8.91. The number of ether oxygens (including phenoxy) is 1. The van der Waals surface area contributed by atoms with E-state index < -0.39 is 0 Å². The van der Waals surface area contributed by atoms with Gasteiger partial charge in [0.15, 0.2) is 0 Å². The Bertz CT molecular complexity index is 164. The molecule has 2 nitrogen and oxygen atoms in total. The van der Waals surface area contributed by atoms with Crippen molar-refractivity contribution in [3.63, 3.8) is 0 Å². The fourth-order valence-corrected chi connectivity index (χ4v) is 1.46. The van der Waals surface area contributed by atoms with Gasteiger partial charge in [-0.3, -0.25) is 0 Å². The first-order valence-electron chi connectivity index (χ1n) is 4.39. The lowest BCUT2D eigenvalue weighted by Gasteiger charge is -2.17.